The number of hydrogen-bond donors (Lipinski definition) is 1. The van der Waals surface area contributed by atoms with Gasteiger partial charge in [-0.05, 0) is 18.9 Å². The summed E-state index contributed by atoms with van der Waals surface area (Å²) in [4.78, 5) is 60.3. The molecule has 1 amide bonds. The van der Waals surface area contributed by atoms with Gasteiger partial charge in [0.2, 0.25) is 5.91 Å². The molecule has 0 spiro atoms. The topological polar surface area (TPSA) is 153 Å². The van der Waals surface area contributed by atoms with E-state index < -0.39 is 66.5 Å². The van der Waals surface area contributed by atoms with Crippen LogP contribution in [0.15, 0.2) is 12.2 Å². The van der Waals surface area contributed by atoms with E-state index in [2.05, 4.69) is 5.32 Å². The van der Waals surface area contributed by atoms with Crippen LogP contribution < -0.4 is 5.32 Å². The number of methoxy groups -OCH3 is 1. The van der Waals surface area contributed by atoms with Gasteiger partial charge in [0.25, 0.3) is 5.79 Å². The normalized spacial score (nSPS) is 25.7. The minimum absolute atomic E-state index is 0.307. The standard InChI is InChI=1S/C24H35NO11/c1-14(26)25-19-11-12-24(23(30)31-5,35-18-9-7-6-8-10-18)36-21(19)22(34-17(4)29)20(33-16(3)28)13-32-15(2)27/h11-12,18-22H,6-10,13H2,1-5H3,(H,25,26)/t19-,20-,21-,22-,24+/m1/s1. The van der Waals surface area contributed by atoms with Gasteiger partial charge in [0.15, 0.2) is 12.2 Å². The van der Waals surface area contributed by atoms with Gasteiger partial charge >= 0.3 is 23.9 Å². The van der Waals surface area contributed by atoms with Crippen molar-refractivity contribution < 1.29 is 52.4 Å². The molecule has 1 aliphatic heterocycles. The number of amides is 1. The molecule has 0 aromatic heterocycles. The van der Waals surface area contributed by atoms with Crippen LogP contribution in [0.3, 0.4) is 0 Å². The summed E-state index contributed by atoms with van der Waals surface area (Å²) < 4.78 is 33.1. The molecule has 0 radical (unpaired) electrons. The summed E-state index contributed by atoms with van der Waals surface area (Å²) in [6.07, 6.45) is 2.75. The summed E-state index contributed by atoms with van der Waals surface area (Å²) in [6.45, 7) is 4.21. The van der Waals surface area contributed by atoms with E-state index in [1.165, 1.54) is 26.2 Å². The third-order valence-electron chi connectivity index (χ3n) is 5.68. The number of carbonyl (C=O) groups excluding carboxylic acids is 5. The molecular weight excluding hydrogens is 478 g/mol. The van der Waals surface area contributed by atoms with Gasteiger partial charge in [-0.25, -0.2) is 4.79 Å². The van der Waals surface area contributed by atoms with E-state index in [9.17, 15) is 24.0 Å². The van der Waals surface area contributed by atoms with E-state index in [-0.39, 0.29) is 6.10 Å². The number of hydrogen-bond acceptors (Lipinski definition) is 11. The largest absolute Gasteiger partial charge is 0.465 e. The summed E-state index contributed by atoms with van der Waals surface area (Å²) >= 11 is 0. The fourth-order valence-corrected chi connectivity index (χ4v) is 4.25. The van der Waals surface area contributed by atoms with Crippen LogP contribution in [0.4, 0.5) is 0 Å². The predicted molar refractivity (Wildman–Crippen MR) is 122 cm³/mol. The molecular formula is C24H35NO11. The molecule has 0 saturated heterocycles. The second kappa shape index (κ2) is 13.4. The lowest BCUT2D eigenvalue weighted by atomic mass is 9.94. The van der Waals surface area contributed by atoms with Crippen LogP contribution in [-0.2, 0) is 52.4 Å². The van der Waals surface area contributed by atoms with Crippen molar-refractivity contribution in [2.75, 3.05) is 13.7 Å². The van der Waals surface area contributed by atoms with Gasteiger partial charge in [-0.1, -0.05) is 25.3 Å². The van der Waals surface area contributed by atoms with Gasteiger partial charge in [0.1, 0.15) is 12.7 Å². The monoisotopic (exact) mass is 513 g/mol. The Kier molecular flexibility index (Phi) is 10.8. The van der Waals surface area contributed by atoms with Crippen molar-refractivity contribution in [1.29, 1.82) is 0 Å². The Morgan fingerprint density at radius 3 is 2.14 bits per heavy atom. The highest BCUT2D eigenvalue weighted by Gasteiger charge is 2.53. The minimum Gasteiger partial charge on any atom is -0.465 e. The first-order chi connectivity index (χ1) is 17.0. The summed E-state index contributed by atoms with van der Waals surface area (Å²) in [7, 11) is 1.17. The lowest BCUT2D eigenvalue weighted by molar-refractivity contribution is -0.280. The molecule has 2 aliphatic rings. The zero-order chi connectivity index (χ0) is 26.9. The summed E-state index contributed by atoms with van der Waals surface area (Å²) in [5.74, 6) is -5.50. The van der Waals surface area contributed by atoms with Crippen molar-refractivity contribution in [2.24, 2.45) is 0 Å². The van der Waals surface area contributed by atoms with Crippen LogP contribution in [0, 0.1) is 0 Å². The Labute approximate surface area is 209 Å². The van der Waals surface area contributed by atoms with Crippen LogP contribution in [0.2, 0.25) is 0 Å². The number of esters is 4. The average molecular weight is 514 g/mol. The Bertz CT molecular complexity index is 851. The van der Waals surface area contributed by atoms with Gasteiger partial charge in [0.05, 0.1) is 19.3 Å². The van der Waals surface area contributed by atoms with Gasteiger partial charge in [0, 0.05) is 27.7 Å². The molecule has 202 valence electrons. The molecule has 12 nitrogen and oxygen atoms in total. The van der Waals surface area contributed by atoms with Gasteiger partial charge in [-0.3, -0.25) is 19.2 Å². The second-order valence-electron chi connectivity index (χ2n) is 8.73. The van der Waals surface area contributed by atoms with Crippen LogP contribution in [0.1, 0.15) is 59.8 Å². The highest BCUT2D eigenvalue weighted by atomic mass is 16.7. The number of carbonyl (C=O) groups is 5. The Morgan fingerprint density at radius 1 is 0.972 bits per heavy atom. The van der Waals surface area contributed by atoms with Gasteiger partial charge in [-0.2, -0.15) is 0 Å². The Hall–Kier alpha value is -2.99. The maximum absolute atomic E-state index is 13.0. The van der Waals surface area contributed by atoms with Crippen LogP contribution >= 0.6 is 0 Å². The lowest BCUT2D eigenvalue weighted by Gasteiger charge is -2.44. The maximum atomic E-state index is 13.0. The van der Waals surface area contributed by atoms with Crippen molar-refractivity contribution in [3.05, 3.63) is 12.2 Å². The first kappa shape index (κ1) is 29.2. The smallest absolute Gasteiger partial charge is 0.371 e. The highest BCUT2D eigenvalue weighted by molar-refractivity contribution is 5.81. The van der Waals surface area contributed by atoms with E-state index in [1.807, 2.05) is 0 Å². The molecule has 1 fully saturated rings. The fraction of sp³-hybridized carbons (Fsp3) is 0.708. The predicted octanol–water partition coefficient (Wildman–Crippen LogP) is 1.09. The number of nitrogens with one attached hydrogen (secondary N) is 1. The van der Waals surface area contributed by atoms with Crippen LogP contribution in [0.25, 0.3) is 0 Å². The lowest BCUT2D eigenvalue weighted by Crippen LogP contribution is -2.62. The highest BCUT2D eigenvalue weighted by Crippen LogP contribution is 2.34. The molecule has 0 unspecified atom stereocenters. The van der Waals surface area contributed by atoms with E-state index >= 15 is 0 Å². The molecule has 1 saturated carbocycles. The van der Waals surface area contributed by atoms with E-state index in [1.54, 1.807) is 0 Å². The molecule has 2 rings (SSSR count). The van der Waals surface area contributed by atoms with Crippen molar-refractivity contribution in [3.63, 3.8) is 0 Å². The summed E-state index contributed by atoms with van der Waals surface area (Å²) in [6, 6.07) is -0.935. The van der Waals surface area contributed by atoms with Crippen molar-refractivity contribution in [2.45, 2.75) is 96.0 Å². The molecule has 36 heavy (non-hydrogen) atoms. The first-order valence-corrected chi connectivity index (χ1v) is 11.9. The van der Waals surface area contributed by atoms with E-state index in [0.717, 1.165) is 40.0 Å². The quantitative estimate of drug-likeness (QED) is 0.254. The molecule has 5 atom stereocenters. The molecule has 0 aromatic rings. The van der Waals surface area contributed by atoms with E-state index in [0.29, 0.717) is 12.8 Å². The van der Waals surface area contributed by atoms with Crippen molar-refractivity contribution in [3.8, 4) is 0 Å². The van der Waals surface area contributed by atoms with Gasteiger partial charge in [-0.15, -0.1) is 0 Å². The summed E-state index contributed by atoms with van der Waals surface area (Å²) in [5, 5.41) is 2.66. The number of rotatable bonds is 10. The fourth-order valence-electron chi connectivity index (χ4n) is 4.25. The van der Waals surface area contributed by atoms with Crippen molar-refractivity contribution in [1.82, 2.24) is 5.32 Å². The Morgan fingerprint density at radius 2 is 1.61 bits per heavy atom. The molecule has 0 aromatic carbocycles. The SMILES string of the molecule is COC(=O)[C@]1(OC2CCCCC2)C=C[C@@H](NC(C)=O)[C@H]([C@H](OC(C)=O)[C@@H](COC(C)=O)OC(C)=O)O1. The van der Waals surface area contributed by atoms with Crippen LogP contribution in [0.5, 0.6) is 0 Å². The van der Waals surface area contributed by atoms with E-state index in [4.69, 9.17) is 28.4 Å². The molecule has 1 N–H and O–H groups in total. The van der Waals surface area contributed by atoms with Gasteiger partial charge < -0.3 is 33.7 Å². The molecule has 1 aliphatic carbocycles. The zero-order valence-electron chi connectivity index (χ0n) is 21.3. The molecule has 12 heteroatoms. The minimum atomic E-state index is -2.02. The second-order valence-corrected chi connectivity index (χ2v) is 8.73. The number of ether oxygens (including phenoxy) is 6. The van der Waals surface area contributed by atoms with Crippen molar-refractivity contribution >= 4 is 29.8 Å². The summed E-state index contributed by atoms with van der Waals surface area (Å²) in [5.41, 5.74) is 0. The molecule has 0 bridgehead atoms. The maximum Gasteiger partial charge on any atom is 0.371 e. The van der Waals surface area contributed by atoms with Crippen LogP contribution in [-0.4, -0.2) is 79.7 Å². The Balaban J connectivity index is 2.53. The molecule has 1 heterocycles. The third kappa shape index (κ3) is 8.30. The first-order valence-electron chi connectivity index (χ1n) is 11.9. The third-order valence-corrected chi connectivity index (χ3v) is 5.68. The average Bonchev–Trinajstić information content (AvgIpc) is 2.80. The zero-order valence-corrected chi connectivity index (χ0v) is 21.3.